The van der Waals surface area contributed by atoms with Crippen LogP contribution in [0.5, 0.6) is 0 Å². The highest BCUT2D eigenvalue weighted by atomic mass is 35.5. The molecule has 0 bridgehead atoms. The number of hydrogen-bond donors (Lipinski definition) is 0. The van der Waals surface area contributed by atoms with E-state index in [9.17, 15) is 4.79 Å². The molecule has 28 heavy (non-hydrogen) atoms. The lowest BCUT2D eigenvalue weighted by molar-refractivity contribution is -0.137. The Morgan fingerprint density at radius 3 is 2.64 bits per heavy atom. The Morgan fingerprint density at radius 1 is 1.00 bits per heavy atom. The molecule has 6 atom stereocenters. The number of Topliss-reactive ketones (excluding diaryl/α,β-unsaturated/α-hetero) is 1. The first-order valence-corrected chi connectivity index (χ1v) is 11.8. The fourth-order valence-electron chi connectivity index (χ4n) is 7.87. The van der Waals surface area contributed by atoms with E-state index in [0.717, 1.165) is 46.8 Å². The van der Waals surface area contributed by atoms with E-state index in [1.165, 1.54) is 44.9 Å². The Bertz CT molecular complexity index is 825. The Hall–Kier alpha value is -1.08. The number of fused-ring (bicyclic) bond motifs is 5. The molecule has 150 valence electrons. The van der Waals surface area contributed by atoms with Gasteiger partial charge in [-0.25, -0.2) is 0 Å². The summed E-state index contributed by atoms with van der Waals surface area (Å²) in [6.07, 6.45) is 13.8. The molecule has 0 amide bonds. The van der Waals surface area contributed by atoms with Gasteiger partial charge in [0.05, 0.1) is 0 Å². The third-order valence-electron chi connectivity index (χ3n) is 9.46. The summed E-state index contributed by atoms with van der Waals surface area (Å²) in [7, 11) is 0. The van der Waals surface area contributed by atoms with Gasteiger partial charge < -0.3 is 0 Å². The highest BCUT2D eigenvalue weighted by Crippen LogP contribution is 2.66. The number of ketones is 1. The lowest BCUT2D eigenvalue weighted by atomic mass is 9.45. The van der Waals surface area contributed by atoms with Crippen LogP contribution in [0.4, 0.5) is 0 Å². The van der Waals surface area contributed by atoms with Gasteiger partial charge >= 0.3 is 0 Å². The van der Waals surface area contributed by atoms with Crippen LogP contribution in [0, 0.1) is 34.5 Å². The zero-order chi connectivity index (χ0) is 19.5. The summed E-state index contributed by atoms with van der Waals surface area (Å²) in [6.45, 7) is 4.88. The van der Waals surface area contributed by atoms with Crippen LogP contribution in [-0.2, 0) is 4.79 Å². The molecule has 0 aliphatic heterocycles. The van der Waals surface area contributed by atoms with Gasteiger partial charge in [0.1, 0.15) is 0 Å². The van der Waals surface area contributed by atoms with Crippen LogP contribution in [0.15, 0.2) is 29.8 Å². The second-order valence-corrected chi connectivity index (χ2v) is 11.0. The van der Waals surface area contributed by atoms with Crippen molar-refractivity contribution < 1.29 is 4.79 Å². The fourth-order valence-corrected chi connectivity index (χ4v) is 8.06. The summed E-state index contributed by atoms with van der Waals surface area (Å²) < 4.78 is 0. The summed E-state index contributed by atoms with van der Waals surface area (Å²) in [5.41, 5.74) is 2.40. The van der Waals surface area contributed by atoms with E-state index in [2.05, 4.69) is 19.9 Å². The quantitative estimate of drug-likeness (QED) is 0.454. The second-order valence-electron chi connectivity index (χ2n) is 10.6. The van der Waals surface area contributed by atoms with Crippen molar-refractivity contribution in [2.24, 2.45) is 34.5 Å². The average molecular weight is 397 g/mol. The smallest absolute Gasteiger partial charge is 0.165 e. The van der Waals surface area contributed by atoms with Gasteiger partial charge in [0.2, 0.25) is 0 Å². The standard InChI is InChI=1S/C26H33ClO/c1-25-13-6-5-8-19(25)10-11-20-21(25)12-14-26(2)22(20)16-18(24(26)28)15-17-7-3-4-9-23(17)27/h3-4,7,9,15,19-22H,5-6,8,10-14,16H2,1-2H3/b18-15-/t19-,20+,21-,22-,25+,26-/m1/s1. The van der Waals surface area contributed by atoms with Crippen LogP contribution in [0.2, 0.25) is 5.02 Å². The summed E-state index contributed by atoms with van der Waals surface area (Å²) in [5, 5.41) is 0.746. The van der Waals surface area contributed by atoms with Gasteiger partial charge in [0, 0.05) is 10.4 Å². The van der Waals surface area contributed by atoms with Crippen molar-refractivity contribution in [3.63, 3.8) is 0 Å². The minimum Gasteiger partial charge on any atom is -0.294 e. The minimum atomic E-state index is -0.147. The van der Waals surface area contributed by atoms with Crippen LogP contribution in [-0.4, -0.2) is 5.78 Å². The second kappa shape index (κ2) is 6.73. The van der Waals surface area contributed by atoms with E-state index < -0.39 is 0 Å². The van der Waals surface area contributed by atoms with Crippen LogP contribution in [0.1, 0.15) is 77.2 Å². The lowest BCUT2D eigenvalue weighted by Gasteiger charge is -2.59. The maximum absolute atomic E-state index is 13.5. The van der Waals surface area contributed by atoms with Crippen LogP contribution >= 0.6 is 11.6 Å². The highest BCUT2D eigenvalue weighted by Gasteiger charge is 2.60. The Labute approximate surface area is 174 Å². The molecule has 2 heteroatoms. The first kappa shape index (κ1) is 18.9. The van der Waals surface area contributed by atoms with Crippen molar-refractivity contribution in [1.82, 2.24) is 0 Å². The van der Waals surface area contributed by atoms with Gasteiger partial charge in [-0.05, 0) is 97.3 Å². The molecule has 1 aromatic rings. The van der Waals surface area contributed by atoms with Gasteiger partial charge in [0.25, 0.3) is 0 Å². The number of hydrogen-bond acceptors (Lipinski definition) is 1. The van der Waals surface area contributed by atoms with Crippen molar-refractivity contribution in [1.29, 1.82) is 0 Å². The maximum Gasteiger partial charge on any atom is 0.165 e. The predicted octanol–water partition coefficient (Wildman–Crippen LogP) is 7.34. The van der Waals surface area contributed by atoms with Crippen molar-refractivity contribution in [2.75, 3.05) is 0 Å². The zero-order valence-electron chi connectivity index (χ0n) is 17.3. The van der Waals surface area contributed by atoms with Crippen molar-refractivity contribution >= 4 is 23.5 Å². The van der Waals surface area contributed by atoms with Crippen LogP contribution in [0.25, 0.3) is 6.08 Å². The number of allylic oxidation sites excluding steroid dienone is 1. The van der Waals surface area contributed by atoms with Gasteiger partial charge in [-0.15, -0.1) is 0 Å². The molecule has 1 aromatic carbocycles. The number of carbonyl (C=O) groups is 1. The van der Waals surface area contributed by atoms with Gasteiger partial charge in [-0.3, -0.25) is 4.79 Å². The molecular weight excluding hydrogens is 364 g/mol. The number of carbonyl (C=O) groups excluding carboxylic acids is 1. The molecule has 0 radical (unpaired) electrons. The fraction of sp³-hybridized carbons (Fsp3) is 0.654. The molecular formula is C26H33ClO. The normalized spacial score (nSPS) is 44.1. The van der Waals surface area contributed by atoms with E-state index in [1.807, 2.05) is 24.3 Å². The topological polar surface area (TPSA) is 17.1 Å². The minimum absolute atomic E-state index is 0.147. The van der Waals surface area contributed by atoms with E-state index in [0.29, 0.717) is 17.1 Å². The average Bonchev–Trinajstić information content (AvgIpc) is 2.94. The third-order valence-corrected chi connectivity index (χ3v) is 9.80. The molecule has 0 heterocycles. The summed E-state index contributed by atoms with van der Waals surface area (Å²) in [5.74, 6) is 3.44. The SMILES string of the molecule is C[C@]12CCCC[C@@H]1CC[C@H]1[C@H]2CC[C@@]2(C)C(=O)/C(=C\c3ccccc3Cl)C[C@H]12. The largest absolute Gasteiger partial charge is 0.294 e. The van der Waals surface area contributed by atoms with E-state index in [1.54, 1.807) is 0 Å². The third kappa shape index (κ3) is 2.68. The molecule has 5 rings (SSSR count). The first-order valence-electron chi connectivity index (χ1n) is 11.4. The summed E-state index contributed by atoms with van der Waals surface area (Å²) in [6, 6.07) is 7.91. The molecule has 0 unspecified atom stereocenters. The molecule has 0 aromatic heterocycles. The number of rotatable bonds is 1. The Kier molecular flexibility index (Phi) is 4.54. The predicted molar refractivity (Wildman–Crippen MR) is 116 cm³/mol. The molecule has 1 nitrogen and oxygen atoms in total. The highest BCUT2D eigenvalue weighted by molar-refractivity contribution is 6.32. The molecule has 4 fully saturated rings. The van der Waals surface area contributed by atoms with E-state index >= 15 is 0 Å². The molecule has 4 aliphatic carbocycles. The molecule has 4 saturated carbocycles. The number of halogens is 1. The zero-order valence-corrected chi connectivity index (χ0v) is 18.1. The van der Waals surface area contributed by atoms with Crippen molar-refractivity contribution in [2.45, 2.75) is 71.6 Å². The van der Waals surface area contributed by atoms with E-state index in [-0.39, 0.29) is 5.41 Å². The van der Waals surface area contributed by atoms with Crippen LogP contribution < -0.4 is 0 Å². The molecule has 0 spiro atoms. The monoisotopic (exact) mass is 396 g/mol. The van der Waals surface area contributed by atoms with E-state index in [4.69, 9.17) is 11.6 Å². The number of benzene rings is 1. The molecule has 0 saturated heterocycles. The van der Waals surface area contributed by atoms with Crippen molar-refractivity contribution in [3.05, 3.63) is 40.4 Å². The van der Waals surface area contributed by atoms with Gasteiger partial charge in [0.15, 0.2) is 5.78 Å². The Balaban J connectivity index is 1.48. The lowest BCUT2D eigenvalue weighted by Crippen LogP contribution is -2.52. The summed E-state index contributed by atoms with van der Waals surface area (Å²) >= 11 is 6.39. The molecule has 0 N–H and O–H groups in total. The van der Waals surface area contributed by atoms with Gasteiger partial charge in [-0.2, -0.15) is 0 Å². The van der Waals surface area contributed by atoms with Crippen LogP contribution in [0.3, 0.4) is 0 Å². The van der Waals surface area contributed by atoms with Crippen molar-refractivity contribution in [3.8, 4) is 0 Å². The molecule has 4 aliphatic rings. The Morgan fingerprint density at radius 2 is 1.82 bits per heavy atom. The first-order chi connectivity index (χ1) is 13.4. The summed E-state index contributed by atoms with van der Waals surface area (Å²) in [4.78, 5) is 13.5. The maximum atomic E-state index is 13.5. The van der Waals surface area contributed by atoms with Gasteiger partial charge in [-0.1, -0.05) is 56.5 Å².